The number of sulfonamides is 1. The topological polar surface area (TPSA) is 110 Å². The van der Waals surface area contributed by atoms with E-state index in [4.69, 9.17) is 0 Å². The van der Waals surface area contributed by atoms with Crippen LogP contribution in [0.25, 0.3) is 0 Å². The fourth-order valence-electron chi connectivity index (χ4n) is 4.22. The number of non-ortho nitro benzene ring substituents is 1. The van der Waals surface area contributed by atoms with Crippen molar-refractivity contribution in [1.82, 2.24) is 5.32 Å². The lowest BCUT2D eigenvalue weighted by atomic mass is 9.89. The van der Waals surface area contributed by atoms with Gasteiger partial charge in [-0.25, -0.2) is 8.42 Å². The van der Waals surface area contributed by atoms with Gasteiger partial charge in [0.15, 0.2) is 0 Å². The van der Waals surface area contributed by atoms with E-state index < -0.39 is 26.9 Å². The van der Waals surface area contributed by atoms with Crippen molar-refractivity contribution >= 4 is 27.3 Å². The Labute approximate surface area is 188 Å². The first kappa shape index (κ1) is 23.7. The normalized spacial score (nSPS) is 15.3. The van der Waals surface area contributed by atoms with E-state index in [1.165, 1.54) is 41.8 Å². The number of anilines is 1. The Morgan fingerprint density at radius 1 is 1.16 bits per heavy atom. The molecule has 0 saturated carbocycles. The van der Waals surface area contributed by atoms with E-state index in [-0.39, 0.29) is 23.8 Å². The van der Waals surface area contributed by atoms with Crippen LogP contribution in [-0.4, -0.2) is 31.5 Å². The Kier molecular flexibility index (Phi) is 7.18. The molecular formula is C23H29N3O5S. The summed E-state index contributed by atoms with van der Waals surface area (Å²) in [5, 5.41) is 14.1. The number of hydrogen-bond acceptors (Lipinski definition) is 5. The van der Waals surface area contributed by atoms with Crippen molar-refractivity contribution in [3.63, 3.8) is 0 Å². The number of nitro groups is 1. The molecule has 1 aliphatic rings. The number of carbonyl (C=O) groups is 1. The van der Waals surface area contributed by atoms with Crippen molar-refractivity contribution in [3.05, 3.63) is 69.3 Å². The largest absolute Gasteiger partial charge is 0.348 e. The van der Waals surface area contributed by atoms with Crippen LogP contribution in [-0.2, 0) is 27.7 Å². The molecule has 3 rings (SSSR count). The second kappa shape index (κ2) is 9.68. The molecular weight excluding hydrogens is 430 g/mol. The molecule has 1 N–H and O–H groups in total. The minimum absolute atomic E-state index is 0.0881. The summed E-state index contributed by atoms with van der Waals surface area (Å²) in [5.41, 5.74) is 3.46. The number of amides is 1. The SMILES string of the molecule is CC[C@@H](C(=O)N[C@H](C)c1ccc2c(c1)CCCC2)N(c1cccc([N+](=O)[O-])c1)S(C)(=O)=O. The molecule has 2 aromatic rings. The molecule has 0 saturated heterocycles. The van der Waals surface area contributed by atoms with Gasteiger partial charge in [-0.05, 0) is 61.8 Å². The quantitative estimate of drug-likeness (QED) is 0.476. The van der Waals surface area contributed by atoms with Crippen molar-refractivity contribution in [2.45, 2.75) is 58.0 Å². The summed E-state index contributed by atoms with van der Waals surface area (Å²) in [5.74, 6) is -0.449. The molecule has 1 amide bonds. The maximum Gasteiger partial charge on any atom is 0.271 e. The van der Waals surface area contributed by atoms with Gasteiger partial charge in [0.2, 0.25) is 15.9 Å². The fourth-order valence-corrected chi connectivity index (χ4v) is 5.42. The summed E-state index contributed by atoms with van der Waals surface area (Å²) in [6.07, 6.45) is 5.64. The number of carbonyl (C=O) groups excluding carboxylic acids is 1. The molecule has 0 heterocycles. The monoisotopic (exact) mass is 459 g/mol. The van der Waals surface area contributed by atoms with Crippen LogP contribution in [0.4, 0.5) is 11.4 Å². The number of benzene rings is 2. The van der Waals surface area contributed by atoms with Crippen LogP contribution in [0.15, 0.2) is 42.5 Å². The van der Waals surface area contributed by atoms with Crippen molar-refractivity contribution in [3.8, 4) is 0 Å². The lowest BCUT2D eigenvalue weighted by molar-refractivity contribution is -0.384. The van der Waals surface area contributed by atoms with Crippen LogP contribution < -0.4 is 9.62 Å². The summed E-state index contributed by atoms with van der Waals surface area (Å²) >= 11 is 0. The van der Waals surface area contributed by atoms with Crippen LogP contribution >= 0.6 is 0 Å². The highest BCUT2D eigenvalue weighted by molar-refractivity contribution is 7.92. The molecule has 0 spiro atoms. The number of aryl methyl sites for hydroxylation is 2. The van der Waals surface area contributed by atoms with Gasteiger partial charge in [-0.3, -0.25) is 19.2 Å². The van der Waals surface area contributed by atoms with Crippen molar-refractivity contribution < 1.29 is 18.1 Å². The Balaban J connectivity index is 1.86. The van der Waals surface area contributed by atoms with Crippen molar-refractivity contribution in [2.75, 3.05) is 10.6 Å². The molecule has 0 aromatic heterocycles. The Morgan fingerprint density at radius 3 is 2.47 bits per heavy atom. The minimum Gasteiger partial charge on any atom is -0.348 e. The molecule has 32 heavy (non-hydrogen) atoms. The number of hydrogen-bond donors (Lipinski definition) is 1. The molecule has 172 valence electrons. The smallest absolute Gasteiger partial charge is 0.271 e. The van der Waals surface area contributed by atoms with Gasteiger partial charge >= 0.3 is 0 Å². The molecule has 8 nitrogen and oxygen atoms in total. The van der Waals surface area contributed by atoms with E-state index in [2.05, 4.69) is 17.4 Å². The summed E-state index contributed by atoms with van der Waals surface area (Å²) in [6.45, 7) is 3.58. The summed E-state index contributed by atoms with van der Waals surface area (Å²) in [6, 6.07) is 10.2. The minimum atomic E-state index is -3.88. The lowest BCUT2D eigenvalue weighted by Gasteiger charge is -2.31. The maximum absolute atomic E-state index is 13.2. The van der Waals surface area contributed by atoms with Crippen LogP contribution in [0.2, 0.25) is 0 Å². The average Bonchev–Trinajstić information content (AvgIpc) is 2.76. The van der Waals surface area contributed by atoms with Gasteiger partial charge in [0.05, 0.1) is 22.9 Å². The second-order valence-electron chi connectivity index (χ2n) is 8.23. The third-order valence-electron chi connectivity index (χ3n) is 5.86. The number of fused-ring (bicyclic) bond motifs is 1. The average molecular weight is 460 g/mol. The van der Waals surface area contributed by atoms with Crippen molar-refractivity contribution in [1.29, 1.82) is 0 Å². The number of nitrogens with zero attached hydrogens (tertiary/aromatic N) is 2. The maximum atomic E-state index is 13.2. The predicted octanol–water partition coefficient (Wildman–Crippen LogP) is 3.90. The van der Waals surface area contributed by atoms with Gasteiger partial charge in [-0.1, -0.05) is 31.2 Å². The first-order valence-electron chi connectivity index (χ1n) is 10.8. The van der Waals surface area contributed by atoms with E-state index in [0.29, 0.717) is 0 Å². The van der Waals surface area contributed by atoms with Crippen molar-refractivity contribution in [2.24, 2.45) is 0 Å². The zero-order valence-electron chi connectivity index (χ0n) is 18.6. The van der Waals surface area contributed by atoms with E-state index in [1.54, 1.807) is 6.92 Å². The third-order valence-corrected chi connectivity index (χ3v) is 7.04. The molecule has 0 bridgehead atoms. The molecule has 0 aliphatic heterocycles. The first-order valence-corrected chi connectivity index (χ1v) is 12.6. The molecule has 0 fully saturated rings. The van der Waals surface area contributed by atoms with E-state index >= 15 is 0 Å². The van der Waals surface area contributed by atoms with Gasteiger partial charge in [-0.15, -0.1) is 0 Å². The molecule has 2 atom stereocenters. The molecule has 1 aliphatic carbocycles. The highest BCUT2D eigenvalue weighted by Crippen LogP contribution is 2.28. The summed E-state index contributed by atoms with van der Waals surface area (Å²) in [7, 11) is -3.88. The highest BCUT2D eigenvalue weighted by atomic mass is 32.2. The van der Waals surface area contributed by atoms with E-state index in [0.717, 1.165) is 35.4 Å². The van der Waals surface area contributed by atoms with Crippen LogP contribution in [0.3, 0.4) is 0 Å². The van der Waals surface area contributed by atoms with E-state index in [9.17, 15) is 23.3 Å². The standard InChI is InChI=1S/C23H29N3O5S/c1-4-22(25(32(3,30)31)20-10-7-11-21(15-20)26(28)29)23(27)24-16(2)18-13-12-17-8-5-6-9-19(17)14-18/h7,10-16,22H,4-6,8-9H2,1-3H3,(H,24,27)/t16-,22+/m1/s1. The van der Waals surface area contributed by atoms with Gasteiger partial charge < -0.3 is 5.32 Å². The number of rotatable bonds is 8. The molecule has 9 heteroatoms. The zero-order valence-corrected chi connectivity index (χ0v) is 19.4. The van der Waals surface area contributed by atoms with Gasteiger partial charge in [0, 0.05) is 12.1 Å². The Hall–Kier alpha value is -2.94. The summed E-state index contributed by atoms with van der Waals surface area (Å²) in [4.78, 5) is 23.7. The Bertz CT molecular complexity index is 1120. The second-order valence-corrected chi connectivity index (χ2v) is 10.1. The van der Waals surface area contributed by atoms with E-state index in [1.807, 2.05) is 13.0 Å². The molecule has 0 unspecified atom stereocenters. The van der Waals surface area contributed by atoms with Gasteiger partial charge in [-0.2, -0.15) is 0 Å². The zero-order chi connectivity index (χ0) is 23.5. The lowest BCUT2D eigenvalue weighted by Crippen LogP contribution is -2.49. The molecule has 2 aromatic carbocycles. The summed E-state index contributed by atoms with van der Waals surface area (Å²) < 4.78 is 26.2. The predicted molar refractivity (Wildman–Crippen MR) is 124 cm³/mol. The molecule has 0 radical (unpaired) electrons. The number of nitrogens with one attached hydrogen (secondary N) is 1. The highest BCUT2D eigenvalue weighted by Gasteiger charge is 2.33. The number of nitro benzene ring substituents is 1. The van der Waals surface area contributed by atoms with Crippen LogP contribution in [0, 0.1) is 10.1 Å². The van der Waals surface area contributed by atoms with Gasteiger partial charge in [0.25, 0.3) is 5.69 Å². The first-order chi connectivity index (χ1) is 15.1. The van der Waals surface area contributed by atoms with Crippen LogP contribution in [0.1, 0.15) is 55.8 Å². The Morgan fingerprint density at radius 2 is 1.84 bits per heavy atom. The third kappa shape index (κ3) is 5.27. The van der Waals surface area contributed by atoms with Gasteiger partial charge in [0.1, 0.15) is 6.04 Å². The fraction of sp³-hybridized carbons (Fsp3) is 0.435. The van der Waals surface area contributed by atoms with Crippen LogP contribution in [0.5, 0.6) is 0 Å².